The van der Waals surface area contributed by atoms with E-state index in [2.05, 4.69) is 26.1 Å². The van der Waals surface area contributed by atoms with Gasteiger partial charge in [0.05, 0.1) is 5.60 Å². The average Bonchev–Trinajstić information content (AvgIpc) is 2.09. The van der Waals surface area contributed by atoms with Crippen molar-refractivity contribution in [3.05, 3.63) is 0 Å². The van der Waals surface area contributed by atoms with Crippen molar-refractivity contribution in [2.24, 2.45) is 5.41 Å². The second-order valence-corrected chi connectivity index (χ2v) is 5.32. The van der Waals surface area contributed by atoms with Gasteiger partial charge in [-0.25, -0.2) is 0 Å². The highest BCUT2D eigenvalue weighted by molar-refractivity contribution is 4.93. The van der Waals surface area contributed by atoms with Crippen LogP contribution in [0.3, 0.4) is 0 Å². The molecule has 0 saturated carbocycles. The summed E-state index contributed by atoms with van der Waals surface area (Å²) in [7, 11) is 1.81. The third-order valence-corrected chi connectivity index (χ3v) is 3.59. The lowest BCUT2D eigenvalue weighted by atomic mass is 9.72. The highest BCUT2D eigenvalue weighted by Crippen LogP contribution is 2.36. The molecule has 1 fully saturated rings. The number of hydrogen-bond donors (Lipinski definition) is 1. The summed E-state index contributed by atoms with van der Waals surface area (Å²) < 4.78 is 5.46. The summed E-state index contributed by atoms with van der Waals surface area (Å²) in [6.07, 6.45) is 5.13. The van der Waals surface area contributed by atoms with Crippen LogP contribution >= 0.6 is 0 Å². The number of ether oxygens (including phenoxy) is 1. The monoisotopic (exact) mass is 199 g/mol. The third-order valence-electron chi connectivity index (χ3n) is 3.59. The van der Waals surface area contributed by atoms with Crippen molar-refractivity contribution in [2.45, 2.75) is 52.1 Å². The first-order valence-electron chi connectivity index (χ1n) is 5.79. The predicted octanol–water partition coefficient (Wildman–Crippen LogP) is 2.58. The summed E-state index contributed by atoms with van der Waals surface area (Å²) in [5.41, 5.74) is 0.640. The smallest absolute Gasteiger partial charge is 0.0623 e. The van der Waals surface area contributed by atoms with E-state index in [9.17, 15) is 0 Å². The van der Waals surface area contributed by atoms with Crippen molar-refractivity contribution in [1.82, 2.24) is 5.32 Å². The topological polar surface area (TPSA) is 21.3 Å². The van der Waals surface area contributed by atoms with E-state index in [1.165, 1.54) is 38.8 Å². The largest absolute Gasteiger partial charge is 0.379 e. The highest BCUT2D eigenvalue weighted by atomic mass is 16.5. The summed E-state index contributed by atoms with van der Waals surface area (Å²) >= 11 is 0. The molecule has 0 amide bonds. The number of nitrogens with one attached hydrogen (secondary N) is 1. The first-order chi connectivity index (χ1) is 6.54. The molecular weight excluding hydrogens is 174 g/mol. The lowest BCUT2D eigenvalue weighted by molar-refractivity contribution is -0.00455. The molecule has 0 aromatic carbocycles. The molecule has 84 valence electrons. The van der Waals surface area contributed by atoms with Crippen LogP contribution in [0.15, 0.2) is 0 Å². The summed E-state index contributed by atoms with van der Waals surface area (Å²) in [4.78, 5) is 0. The highest BCUT2D eigenvalue weighted by Gasteiger charge is 2.36. The second-order valence-electron chi connectivity index (χ2n) is 5.32. The van der Waals surface area contributed by atoms with E-state index >= 15 is 0 Å². The molecule has 1 aliphatic rings. The molecule has 0 spiro atoms. The van der Waals surface area contributed by atoms with Gasteiger partial charge in [0, 0.05) is 20.2 Å². The minimum absolute atomic E-state index is 0.0519. The lowest BCUT2D eigenvalue weighted by Gasteiger charge is -2.44. The molecule has 0 bridgehead atoms. The van der Waals surface area contributed by atoms with Crippen molar-refractivity contribution < 1.29 is 4.74 Å². The van der Waals surface area contributed by atoms with Gasteiger partial charge in [0.2, 0.25) is 0 Å². The Kier molecular flexibility index (Phi) is 3.96. The van der Waals surface area contributed by atoms with Gasteiger partial charge in [-0.1, -0.05) is 13.3 Å². The minimum Gasteiger partial charge on any atom is -0.379 e. The molecule has 2 nitrogen and oxygen atoms in total. The molecule has 1 aliphatic heterocycles. The lowest BCUT2D eigenvalue weighted by Crippen LogP contribution is -2.53. The van der Waals surface area contributed by atoms with Crippen molar-refractivity contribution in [3.8, 4) is 0 Å². The van der Waals surface area contributed by atoms with E-state index < -0.39 is 0 Å². The normalized spacial score (nSPS) is 20.6. The van der Waals surface area contributed by atoms with E-state index in [1.54, 1.807) is 0 Å². The van der Waals surface area contributed by atoms with Crippen LogP contribution in [0.4, 0.5) is 0 Å². The first-order valence-corrected chi connectivity index (χ1v) is 5.79. The molecule has 0 aromatic heterocycles. The van der Waals surface area contributed by atoms with Gasteiger partial charge in [0.1, 0.15) is 0 Å². The number of methoxy groups -OCH3 is 1. The molecule has 1 N–H and O–H groups in total. The van der Waals surface area contributed by atoms with Crippen LogP contribution < -0.4 is 5.32 Å². The van der Waals surface area contributed by atoms with Gasteiger partial charge in [-0.05, 0) is 38.5 Å². The molecule has 1 saturated heterocycles. The van der Waals surface area contributed by atoms with Crippen LogP contribution in [-0.4, -0.2) is 25.8 Å². The Balaban J connectivity index is 2.34. The molecule has 1 rings (SSSR count). The summed E-state index contributed by atoms with van der Waals surface area (Å²) in [6, 6.07) is 0. The van der Waals surface area contributed by atoms with E-state index in [0.29, 0.717) is 5.41 Å². The maximum Gasteiger partial charge on any atom is 0.0623 e. The molecule has 1 heterocycles. The molecule has 0 unspecified atom stereocenters. The molecule has 0 atom stereocenters. The van der Waals surface area contributed by atoms with Crippen molar-refractivity contribution in [2.75, 3.05) is 20.2 Å². The fourth-order valence-electron chi connectivity index (χ4n) is 2.16. The fourth-order valence-corrected chi connectivity index (χ4v) is 2.16. The van der Waals surface area contributed by atoms with Gasteiger partial charge in [0.25, 0.3) is 0 Å². The zero-order valence-electron chi connectivity index (χ0n) is 10.2. The zero-order valence-corrected chi connectivity index (χ0v) is 10.2. The number of hydrogen-bond acceptors (Lipinski definition) is 2. The van der Waals surface area contributed by atoms with Crippen LogP contribution in [-0.2, 0) is 4.74 Å². The van der Waals surface area contributed by atoms with Crippen LogP contribution in [0.2, 0.25) is 0 Å². The number of rotatable bonds is 6. The quantitative estimate of drug-likeness (QED) is 0.710. The average molecular weight is 199 g/mol. The third kappa shape index (κ3) is 2.96. The van der Waals surface area contributed by atoms with Crippen molar-refractivity contribution >= 4 is 0 Å². The maximum atomic E-state index is 5.46. The summed E-state index contributed by atoms with van der Waals surface area (Å²) in [5, 5.41) is 3.40. The van der Waals surface area contributed by atoms with Gasteiger partial charge in [0.15, 0.2) is 0 Å². The van der Waals surface area contributed by atoms with Crippen LogP contribution in [0.1, 0.15) is 46.5 Å². The van der Waals surface area contributed by atoms with Crippen LogP contribution in [0.5, 0.6) is 0 Å². The van der Waals surface area contributed by atoms with Gasteiger partial charge >= 0.3 is 0 Å². The van der Waals surface area contributed by atoms with Crippen molar-refractivity contribution in [1.29, 1.82) is 0 Å². The molecule has 0 radical (unpaired) electrons. The van der Waals surface area contributed by atoms with E-state index in [-0.39, 0.29) is 5.60 Å². The maximum absolute atomic E-state index is 5.46. The van der Waals surface area contributed by atoms with E-state index in [4.69, 9.17) is 4.74 Å². The molecule has 14 heavy (non-hydrogen) atoms. The Labute approximate surface area is 88.4 Å². The first kappa shape index (κ1) is 12.0. The van der Waals surface area contributed by atoms with Gasteiger partial charge in [-0.3, -0.25) is 0 Å². The molecule has 0 aliphatic carbocycles. The van der Waals surface area contributed by atoms with Crippen molar-refractivity contribution in [3.63, 3.8) is 0 Å². The Hall–Kier alpha value is -0.0800. The van der Waals surface area contributed by atoms with Gasteiger partial charge in [-0.15, -0.1) is 0 Å². The van der Waals surface area contributed by atoms with Gasteiger partial charge < -0.3 is 10.1 Å². The summed E-state index contributed by atoms with van der Waals surface area (Å²) in [6.45, 7) is 9.06. The SMILES string of the molecule is CCCC1(CCC(C)(C)OC)CNC1. The zero-order chi connectivity index (χ0) is 10.7. The predicted molar refractivity (Wildman–Crippen MR) is 60.5 cm³/mol. The molecular formula is C12H25NO. The van der Waals surface area contributed by atoms with Crippen LogP contribution in [0.25, 0.3) is 0 Å². The van der Waals surface area contributed by atoms with Gasteiger partial charge in [-0.2, -0.15) is 0 Å². The Bertz CT molecular complexity index is 173. The molecule has 0 aromatic rings. The van der Waals surface area contributed by atoms with E-state index in [1.807, 2.05) is 7.11 Å². The second kappa shape index (κ2) is 4.63. The minimum atomic E-state index is 0.0519. The Morgan fingerprint density at radius 1 is 1.29 bits per heavy atom. The van der Waals surface area contributed by atoms with E-state index in [0.717, 1.165) is 0 Å². The van der Waals surface area contributed by atoms with Crippen LogP contribution in [0, 0.1) is 5.41 Å². The Morgan fingerprint density at radius 3 is 2.29 bits per heavy atom. The standard InChI is InChI=1S/C12H25NO/c1-5-6-12(9-13-10-12)8-7-11(2,3)14-4/h13H,5-10H2,1-4H3. The summed E-state index contributed by atoms with van der Waals surface area (Å²) in [5.74, 6) is 0. The Morgan fingerprint density at radius 2 is 1.93 bits per heavy atom. The fraction of sp³-hybridized carbons (Fsp3) is 1.00. The molecule has 2 heteroatoms.